The highest BCUT2D eigenvalue weighted by Gasteiger charge is 2.33. The standard InChI is InChI=1S/C11H18N4O/c12-7-9-8-13-5-6-15(9)10-3-1-2-4-14-11(10)16/h9-10,13H,1-6,8H2,(H,14,16). The van der Waals surface area contributed by atoms with Gasteiger partial charge in [0.2, 0.25) is 5.91 Å². The Hall–Kier alpha value is -1.12. The van der Waals surface area contributed by atoms with Gasteiger partial charge in [0, 0.05) is 26.2 Å². The van der Waals surface area contributed by atoms with Crippen molar-refractivity contribution in [1.82, 2.24) is 15.5 Å². The number of carbonyl (C=O) groups excluding carboxylic acids is 1. The Balaban J connectivity index is 2.08. The number of piperazine rings is 1. The fourth-order valence-corrected chi connectivity index (χ4v) is 2.45. The fraction of sp³-hybridized carbons (Fsp3) is 0.818. The maximum Gasteiger partial charge on any atom is 0.237 e. The van der Waals surface area contributed by atoms with Crippen molar-refractivity contribution in [3.05, 3.63) is 0 Å². The maximum atomic E-state index is 11.9. The summed E-state index contributed by atoms with van der Waals surface area (Å²) in [7, 11) is 0. The molecule has 0 aromatic carbocycles. The summed E-state index contributed by atoms with van der Waals surface area (Å²) < 4.78 is 0. The summed E-state index contributed by atoms with van der Waals surface area (Å²) in [5, 5.41) is 15.2. The van der Waals surface area contributed by atoms with Crippen molar-refractivity contribution in [2.75, 3.05) is 26.2 Å². The lowest BCUT2D eigenvalue weighted by Crippen LogP contribution is -2.58. The molecule has 0 radical (unpaired) electrons. The van der Waals surface area contributed by atoms with Crippen LogP contribution in [0.5, 0.6) is 0 Å². The zero-order chi connectivity index (χ0) is 11.4. The van der Waals surface area contributed by atoms with Gasteiger partial charge in [-0.15, -0.1) is 0 Å². The van der Waals surface area contributed by atoms with Crippen LogP contribution in [0.25, 0.3) is 0 Å². The summed E-state index contributed by atoms with van der Waals surface area (Å²) in [4.78, 5) is 13.9. The van der Waals surface area contributed by atoms with Crippen LogP contribution in [0.15, 0.2) is 0 Å². The summed E-state index contributed by atoms with van der Waals surface area (Å²) >= 11 is 0. The minimum Gasteiger partial charge on any atom is -0.355 e. The van der Waals surface area contributed by atoms with Crippen LogP contribution >= 0.6 is 0 Å². The van der Waals surface area contributed by atoms with E-state index in [1.807, 2.05) is 0 Å². The molecule has 2 aliphatic heterocycles. The van der Waals surface area contributed by atoms with Gasteiger partial charge in [-0.2, -0.15) is 5.26 Å². The van der Waals surface area contributed by atoms with Crippen molar-refractivity contribution in [2.45, 2.75) is 31.3 Å². The Morgan fingerprint density at radius 1 is 1.38 bits per heavy atom. The van der Waals surface area contributed by atoms with Crippen molar-refractivity contribution in [3.63, 3.8) is 0 Å². The monoisotopic (exact) mass is 222 g/mol. The second-order valence-corrected chi connectivity index (χ2v) is 4.39. The molecule has 2 rings (SSSR count). The van der Waals surface area contributed by atoms with E-state index in [0.29, 0.717) is 6.54 Å². The van der Waals surface area contributed by atoms with E-state index in [1.165, 1.54) is 0 Å². The first-order chi connectivity index (χ1) is 7.83. The van der Waals surface area contributed by atoms with E-state index >= 15 is 0 Å². The first kappa shape index (κ1) is 11.4. The average molecular weight is 222 g/mol. The SMILES string of the molecule is N#CC1CNCCN1C1CCCCNC1=O. The number of nitrogens with one attached hydrogen (secondary N) is 2. The smallest absolute Gasteiger partial charge is 0.237 e. The molecule has 2 atom stereocenters. The molecular formula is C11H18N4O. The highest BCUT2D eigenvalue weighted by molar-refractivity contribution is 5.82. The molecule has 88 valence electrons. The second kappa shape index (κ2) is 5.28. The minimum absolute atomic E-state index is 0.0969. The number of hydrogen-bond donors (Lipinski definition) is 2. The van der Waals surface area contributed by atoms with Gasteiger partial charge in [-0.3, -0.25) is 9.69 Å². The zero-order valence-corrected chi connectivity index (χ0v) is 9.41. The Labute approximate surface area is 95.8 Å². The molecule has 2 heterocycles. The van der Waals surface area contributed by atoms with E-state index in [2.05, 4.69) is 21.6 Å². The van der Waals surface area contributed by atoms with Crippen molar-refractivity contribution in [2.24, 2.45) is 0 Å². The molecule has 2 unspecified atom stereocenters. The molecule has 5 heteroatoms. The molecule has 2 aliphatic rings. The molecule has 2 fully saturated rings. The summed E-state index contributed by atoms with van der Waals surface area (Å²) in [5.74, 6) is 0.0969. The maximum absolute atomic E-state index is 11.9. The normalized spacial score (nSPS) is 32.6. The summed E-state index contributed by atoms with van der Waals surface area (Å²) in [6.45, 7) is 3.09. The van der Waals surface area contributed by atoms with Crippen molar-refractivity contribution in [1.29, 1.82) is 5.26 Å². The predicted molar refractivity (Wildman–Crippen MR) is 59.6 cm³/mol. The number of carbonyl (C=O) groups is 1. The first-order valence-electron chi connectivity index (χ1n) is 5.96. The summed E-state index contributed by atoms with van der Waals surface area (Å²) in [6.07, 6.45) is 2.99. The van der Waals surface area contributed by atoms with Crippen LogP contribution < -0.4 is 10.6 Å². The van der Waals surface area contributed by atoms with Gasteiger partial charge in [0.15, 0.2) is 0 Å². The summed E-state index contributed by atoms with van der Waals surface area (Å²) in [6, 6.07) is 2.01. The van der Waals surface area contributed by atoms with E-state index in [9.17, 15) is 4.79 Å². The Morgan fingerprint density at radius 2 is 2.25 bits per heavy atom. The van der Waals surface area contributed by atoms with E-state index in [4.69, 9.17) is 5.26 Å². The first-order valence-corrected chi connectivity index (χ1v) is 5.96. The number of nitrogens with zero attached hydrogens (tertiary/aromatic N) is 2. The van der Waals surface area contributed by atoms with Gasteiger partial charge in [0.1, 0.15) is 6.04 Å². The molecule has 5 nitrogen and oxygen atoms in total. The van der Waals surface area contributed by atoms with Crippen molar-refractivity contribution >= 4 is 5.91 Å². The van der Waals surface area contributed by atoms with Gasteiger partial charge in [-0.1, -0.05) is 0 Å². The number of amides is 1. The highest BCUT2D eigenvalue weighted by atomic mass is 16.2. The summed E-state index contributed by atoms with van der Waals surface area (Å²) in [5.41, 5.74) is 0. The lowest BCUT2D eigenvalue weighted by molar-refractivity contribution is -0.127. The molecule has 0 aromatic rings. The molecule has 16 heavy (non-hydrogen) atoms. The Kier molecular flexibility index (Phi) is 3.75. The van der Waals surface area contributed by atoms with E-state index in [-0.39, 0.29) is 18.0 Å². The van der Waals surface area contributed by atoms with Gasteiger partial charge in [-0.05, 0) is 19.3 Å². The molecule has 0 bridgehead atoms. The van der Waals surface area contributed by atoms with Crippen LogP contribution in [0.4, 0.5) is 0 Å². The molecule has 1 amide bonds. The van der Waals surface area contributed by atoms with E-state index < -0.39 is 0 Å². The number of nitriles is 1. The topological polar surface area (TPSA) is 68.2 Å². The van der Waals surface area contributed by atoms with Gasteiger partial charge in [-0.25, -0.2) is 0 Å². The number of hydrogen-bond acceptors (Lipinski definition) is 4. The third kappa shape index (κ3) is 2.34. The van der Waals surface area contributed by atoms with Gasteiger partial charge < -0.3 is 10.6 Å². The third-order valence-electron chi connectivity index (χ3n) is 3.34. The Morgan fingerprint density at radius 3 is 3.06 bits per heavy atom. The molecule has 0 saturated carbocycles. The van der Waals surface area contributed by atoms with Crippen LogP contribution in [0.1, 0.15) is 19.3 Å². The van der Waals surface area contributed by atoms with E-state index in [1.54, 1.807) is 0 Å². The highest BCUT2D eigenvalue weighted by Crippen LogP contribution is 2.16. The molecule has 0 aliphatic carbocycles. The van der Waals surface area contributed by atoms with Crippen LogP contribution in [0.2, 0.25) is 0 Å². The lowest BCUT2D eigenvalue weighted by atomic mass is 10.1. The largest absolute Gasteiger partial charge is 0.355 e. The molecule has 2 saturated heterocycles. The predicted octanol–water partition coefficient (Wildman–Crippen LogP) is -0.548. The van der Waals surface area contributed by atoms with E-state index in [0.717, 1.165) is 38.9 Å². The second-order valence-electron chi connectivity index (χ2n) is 4.39. The van der Waals surface area contributed by atoms with Crippen LogP contribution in [0, 0.1) is 11.3 Å². The quantitative estimate of drug-likeness (QED) is 0.625. The Bertz CT molecular complexity index is 299. The molecule has 0 aromatic heterocycles. The van der Waals surface area contributed by atoms with Gasteiger partial charge in [0.25, 0.3) is 0 Å². The average Bonchev–Trinajstić information content (AvgIpc) is 2.54. The molecular weight excluding hydrogens is 204 g/mol. The van der Waals surface area contributed by atoms with Crippen LogP contribution in [-0.4, -0.2) is 49.1 Å². The van der Waals surface area contributed by atoms with Crippen molar-refractivity contribution in [3.8, 4) is 6.07 Å². The fourth-order valence-electron chi connectivity index (χ4n) is 2.45. The van der Waals surface area contributed by atoms with Gasteiger partial charge in [0.05, 0.1) is 12.1 Å². The molecule has 2 N–H and O–H groups in total. The lowest BCUT2D eigenvalue weighted by Gasteiger charge is -2.36. The minimum atomic E-state index is -0.164. The third-order valence-corrected chi connectivity index (χ3v) is 3.34. The van der Waals surface area contributed by atoms with Crippen LogP contribution in [0.3, 0.4) is 0 Å². The van der Waals surface area contributed by atoms with Crippen LogP contribution in [-0.2, 0) is 4.79 Å². The number of rotatable bonds is 1. The zero-order valence-electron chi connectivity index (χ0n) is 9.41. The molecule has 0 spiro atoms. The van der Waals surface area contributed by atoms with Crippen molar-refractivity contribution < 1.29 is 4.79 Å². The van der Waals surface area contributed by atoms with Gasteiger partial charge >= 0.3 is 0 Å².